The highest BCUT2D eigenvalue weighted by molar-refractivity contribution is 14.1. The molecule has 0 saturated carbocycles. The van der Waals surface area contributed by atoms with Gasteiger partial charge in [-0.25, -0.2) is 0 Å². The van der Waals surface area contributed by atoms with Gasteiger partial charge in [-0.2, -0.15) is 20.3 Å². The van der Waals surface area contributed by atoms with Crippen LogP contribution in [0.1, 0.15) is 75.0 Å². The summed E-state index contributed by atoms with van der Waals surface area (Å²) < 4.78 is 22.2. The molecule has 0 fully saturated rings. The molecule has 0 saturated heterocycles. The summed E-state index contributed by atoms with van der Waals surface area (Å²) in [5.74, 6) is -0.629. The molecule has 10 nitrogen and oxygen atoms in total. The minimum absolute atomic E-state index is 0.0101. The van der Waals surface area contributed by atoms with E-state index in [1.807, 2.05) is 75.7 Å². The second kappa shape index (κ2) is 19.0. The van der Waals surface area contributed by atoms with Gasteiger partial charge in [-0.15, -0.1) is 0 Å². The quantitative estimate of drug-likeness (QED) is 0.0522. The summed E-state index contributed by atoms with van der Waals surface area (Å²) in [7, 11) is 3.04. The first-order valence-corrected chi connectivity index (χ1v) is 21.1. The number of carbonyl (C=O) groups excluding carboxylic acids is 3. The molecule has 0 bridgehead atoms. The molecule has 3 aromatic carbocycles. The van der Waals surface area contributed by atoms with Crippen molar-refractivity contribution in [2.24, 2.45) is 4.99 Å². The molecule has 0 N–H and O–H groups in total. The van der Waals surface area contributed by atoms with Crippen molar-refractivity contribution in [3.8, 4) is 22.6 Å². The van der Waals surface area contributed by atoms with Crippen LogP contribution in [0.5, 0.6) is 11.5 Å². The van der Waals surface area contributed by atoms with Gasteiger partial charge in [0.05, 0.1) is 20.8 Å². The van der Waals surface area contributed by atoms with Gasteiger partial charge < -0.3 is 28.0 Å². The highest BCUT2D eigenvalue weighted by Gasteiger charge is 2.36. The van der Waals surface area contributed by atoms with Crippen LogP contribution >= 0.6 is 20.3 Å². The zero-order chi connectivity index (χ0) is 35.3. The summed E-state index contributed by atoms with van der Waals surface area (Å²) in [4.78, 5) is 46.4. The molecule has 3 aromatic rings. The highest BCUT2D eigenvalue weighted by atomic mass is 127. The molecule has 259 valence electrons. The summed E-state index contributed by atoms with van der Waals surface area (Å²) in [6.45, 7) is 3.69. The molecule has 2 atom stereocenters. The maximum Gasteiger partial charge on any atom is 0.627 e. The van der Waals surface area contributed by atoms with Crippen molar-refractivity contribution in [2.45, 2.75) is 76.9 Å². The van der Waals surface area contributed by atoms with Crippen molar-refractivity contribution >= 4 is 56.3 Å². The van der Waals surface area contributed by atoms with E-state index in [0.29, 0.717) is 29.9 Å². The lowest BCUT2D eigenvalue weighted by Gasteiger charge is -2.33. The van der Waals surface area contributed by atoms with Gasteiger partial charge >= 0.3 is 12.3 Å². The monoisotopic (exact) mass is 796 g/mol. The predicted molar refractivity (Wildman–Crippen MR) is 195 cm³/mol. The molecule has 1 radical (unpaired) electrons. The van der Waals surface area contributed by atoms with Gasteiger partial charge in [0.25, 0.3) is 5.97 Å². The van der Waals surface area contributed by atoms with Crippen molar-refractivity contribution in [1.82, 2.24) is 4.90 Å². The van der Waals surface area contributed by atoms with Gasteiger partial charge in [0.2, 0.25) is 5.91 Å². The Morgan fingerprint density at radius 2 is 1.63 bits per heavy atom. The second-order valence-electron chi connectivity index (χ2n) is 11.7. The Bertz CT molecular complexity index is 1590. The third-order valence-electron chi connectivity index (χ3n) is 8.71. The average Bonchev–Trinajstić information content (AvgIpc) is 3.44. The summed E-state index contributed by atoms with van der Waals surface area (Å²) in [6.07, 6.45) is 1.64. The van der Waals surface area contributed by atoms with Crippen LogP contribution in [0, 0.1) is 0 Å². The minimum Gasteiger partial charge on any atom is -0.612 e. The maximum atomic E-state index is 14.5. The fourth-order valence-electron chi connectivity index (χ4n) is 6.12. The van der Waals surface area contributed by atoms with Crippen molar-refractivity contribution in [3.63, 3.8) is 0 Å². The zero-order valence-electron chi connectivity index (χ0n) is 28.4. The third-order valence-corrected chi connectivity index (χ3v) is 9.79. The summed E-state index contributed by atoms with van der Waals surface area (Å²) in [6, 6.07) is 18.8. The number of hydrogen-bond donors (Lipinski definition) is 0. The largest absolute Gasteiger partial charge is 0.627 e. The first-order valence-electron chi connectivity index (χ1n) is 16.5. The number of Topliss-reactive ketones (excluding diaryl/α,β-unsaturated/α-hetero) is 1. The van der Waals surface area contributed by atoms with Crippen LogP contribution in [0.15, 0.2) is 71.7 Å². The Labute approximate surface area is 305 Å². The van der Waals surface area contributed by atoms with Gasteiger partial charge in [0, 0.05) is 37.0 Å². The van der Waals surface area contributed by atoms with Crippen LogP contribution in [-0.2, 0) is 29.5 Å². The van der Waals surface area contributed by atoms with Crippen LogP contribution in [0.2, 0.25) is 0 Å². The van der Waals surface area contributed by atoms with Crippen LogP contribution < -0.4 is 14.6 Å². The van der Waals surface area contributed by atoms with Crippen molar-refractivity contribution < 1.29 is 37.5 Å². The van der Waals surface area contributed by atoms with Gasteiger partial charge in [-0.3, -0.25) is 19.4 Å². The Kier molecular flexibility index (Phi) is 14.8. The van der Waals surface area contributed by atoms with E-state index in [-0.39, 0.29) is 37.7 Å². The van der Waals surface area contributed by atoms with Crippen LogP contribution in [0.3, 0.4) is 0 Å². The third kappa shape index (κ3) is 9.77. The number of rotatable bonds is 18. The van der Waals surface area contributed by atoms with E-state index in [2.05, 4.69) is 4.99 Å². The number of ketones is 1. The lowest BCUT2D eigenvalue weighted by atomic mass is 9.98. The zero-order valence-corrected chi connectivity index (χ0v) is 31.7. The smallest absolute Gasteiger partial charge is 0.612 e. The van der Waals surface area contributed by atoms with E-state index in [4.69, 9.17) is 18.0 Å². The number of amides is 1. The van der Waals surface area contributed by atoms with Crippen molar-refractivity contribution in [1.29, 1.82) is 0 Å². The summed E-state index contributed by atoms with van der Waals surface area (Å²) >= 11 is 1.35. The molecular formula is C37H42AlIN2O8-. The fourth-order valence-corrected chi connectivity index (χ4v) is 7.11. The Hall–Kier alpha value is -3.60. The van der Waals surface area contributed by atoms with Crippen LogP contribution in [0.25, 0.3) is 11.1 Å². The molecule has 0 aliphatic heterocycles. The van der Waals surface area contributed by atoms with E-state index in [0.717, 1.165) is 35.1 Å². The number of aliphatic imine (C=N–C) groups is 1. The molecule has 49 heavy (non-hydrogen) atoms. The average molecular weight is 797 g/mol. The first-order chi connectivity index (χ1) is 23.8. The van der Waals surface area contributed by atoms with E-state index < -0.39 is 42.3 Å². The number of halogens is 1. The number of unbranched alkanes of at least 4 members (excludes halogenated alkanes) is 2. The van der Waals surface area contributed by atoms with Gasteiger partial charge in [-0.05, 0) is 40.8 Å². The second-order valence-corrected chi connectivity index (χ2v) is 13.7. The highest BCUT2D eigenvalue weighted by Crippen LogP contribution is 2.44. The molecule has 0 spiro atoms. The van der Waals surface area contributed by atoms with Crippen LogP contribution in [0.4, 0.5) is 0 Å². The Morgan fingerprint density at radius 3 is 2.22 bits per heavy atom. The maximum absolute atomic E-state index is 14.5. The number of hydrogen-bond acceptors (Lipinski definition) is 9. The number of benzene rings is 3. The first kappa shape index (κ1) is 38.2. The molecule has 12 heteroatoms. The van der Waals surface area contributed by atoms with E-state index in [1.54, 1.807) is 25.1 Å². The summed E-state index contributed by atoms with van der Waals surface area (Å²) in [5, 5.41) is 13.4. The fraction of sp³-hybridized carbons (Fsp3) is 0.405. The topological polar surface area (TPSA) is 127 Å². The summed E-state index contributed by atoms with van der Waals surface area (Å²) in [5.41, 5.74) is 4.84. The Morgan fingerprint density at radius 1 is 0.959 bits per heavy atom. The molecular weight excluding hydrogens is 754 g/mol. The minimum atomic E-state index is -1.40. The molecule has 0 heterocycles. The number of fused-ring (bicyclic) bond motifs is 3. The standard InChI is InChI=1S/C37H44N2O8.Al.HI/c1-5-7-8-17-33(36(42)43)39(22-24-18-19-26(45-3)21-34(24)46-4)35(41)32(20-25(40)6-2)38-37(44)47-23-31-29-15-11-9-13-27(29)28-14-10-12-16-30(28)31;;/h9-16,18-19,21,31-33H,5-8,17,20,22-23H2,1-4H3,(H,38,44)(H,42,43);;1H/q;+2;/p-3/t32-,33-;;/m0../s1. The lowest BCUT2D eigenvalue weighted by molar-refractivity contribution is -0.251. The van der Waals surface area contributed by atoms with E-state index in [1.165, 1.54) is 19.1 Å². The molecule has 0 aromatic heterocycles. The van der Waals surface area contributed by atoms with E-state index >= 15 is 0 Å². The van der Waals surface area contributed by atoms with Gasteiger partial charge in [0.1, 0.15) is 35.4 Å². The molecule has 1 aliphatic rings. The molecule has 1 amide bonds. The number of nitrogens with zero attached hydrogens (tertiary/aromatic N) is 2. The molecule has 4 rings (SSSR count). The van der Waals surface area contributed by atoms with Crippen LogP contribution in [-0.4, -0.2) is 73.8 Å². The molecule has 0 unspecified atom stereocenters. The SMILES string of the molecule is CCCCC[C@@H](C(=O)[O][Al][I])N(Cc1ccc(OC)cc1OC)C(=O)[C@H](CC(=O)CC)N=C([O-])OCC1c2ccccc2-c2ccccc21. The number of ether oxygens (including phenoxy) is 3. The van der Waals surface area contributed by atoms with Crippen molar-refractivity contribution in [3.05, 3.63) is 83.4 Å². The number of methoxy groups -OCH3 is 2. The predicted octanol–water partition coefficient (Wildman–Crippen LogP) is 5.78. The Balaban J connectivity index is 1.68. The number of carbonyl (C=O) groups is 3. The van der Waals surface area contributed by atoms with Crippen molar-refractivity contribution in [2.75, 3.05) is 20.8 Å². The lowest BCUT2D eigenvalue weighted by Crippen LogP contribution is -2.50. The molecule has 1 aliphatic carbocycles. The van der Waals surface area contributed by atoms with Gasteiger partial charge in [0.15, 0.2) is 0 Å². The normalized spacial score (nSPS) is 13.4. The van der Waals surface area contributed by atoms with Gasteiger partial charge in [-0.1, -0.05) is 81.6 Å². The van der Waals surface area contributed by atoms with E-state index in [9.17, 15) is 19.5 Å².